The van der Waals surface area contributed by atoms with Crippen molar-refractivity contribution in [3.63, 3.8) is 0 Å². The zero-order valence-electron chi connectivity index (χ0n) is 19.1. The molecule has 3 aromatic rings. The lowest BCUT2D eigenvalue weighted by Crippen LogP contribution is -2.71. The topological polar surface area (TPSA) is 15.3 Å². The third kappa shape index (κ3) is 4.03. The maximum Gasteiger partial charge on any atom is 0.0450 e. The van der Waals surface area contributed by atoms with Crippen LogP contribution in [0.15, 0.2) is 84.9 Å². The van der Waals surface area contributed by atoms with Crippen LogP contribution in [0.3, 0.4) is 0 Å². The van der Waals surface area contributed by atoms with Gasteiger partial charge in [0.15, 0.2) is 0 Å². The van der Waals surface area contributed by atoms with Gasteiger partial charge in [0.25, 0.3) is 0 Å². The predicted octanol–water partition coefficient (Wildman–Crippen LogP) is 6.36. The van der Waals surface area contributed by atoms with Gasteiger partial charge in [0.2, 0.25) is 0 Å². The van der Waals surface area contributed by atoms with Crippen LogP contribution in [0.5, 0.6) is 0 Å². The molecule has 4 fully saturated rings. The Hall–Kier alpha value is -2.13. The van der Waals surface area contributed by atoms with E-state index in [1.165, 1.54) is 49.0 Å². The van der Waals surface area contributed by atoms with Crippen molar-refractivity contribution in [1.82, 2.24) is 10.2 Å². The summed E-state index contributed by atoms with van der Waals surface area (Å²) >= 11 is 6.56. The SMILES string of the molecule is Clc1ccccc1CN[C@H]1C2[C@@H]3CCC[C@H]2CN(C3)[C@H]1C(c1ccccc1)c1ccccc1. The minimum atomic E-state index is 0.361. The average molecular weight is 457 g/mol. The summed E-state index contributed by atoms with van der Waals surface area (Å²) < 4.78 is 0. The molecular formula is C30H33ClN2. The van der Waals surface area contributed by atoms with Crippen molar-refractivity contribution in [1.29, 1.82) is 0 Å². The van der Waals surface area contributed by atoms with Crippen LogP contribution >= 0.6 is 11.6 Å². The molecule has 4 bridgehead atoms. The molecule has 1 N–H and O–H groups in total. The minimum Gasteiger partial charge on any atom is -0.308 e. The van der Waals surface area contributed by atoms with E-state index in [1.54, 1.807) is 0 Å². The summed E-state index contributed by atoms with van der Waals surface area (Å²) in [6.45, 7) is 3.35. The van der Waals surface area contributed by atoms with E-state index in [1.807, 2.05) is 12.1 Å². The second kappa shape index (κ2) is 9.25. The third-order valence-electron chi connectivity index (χ3n) is 8.53. The molecule has 2 nitrogen and oxygen atoms in total. The van der Waals surface area contributed by atoms with Gasteiger partial charge in [0.05, 0.1) is 0 Å². The number of nitrogens with one attached hydrogen (secondary N) is 1. The monoisotopic (exact) mass is 456 g/mol. The molecule has 2 unspecified atom stereocenters. The molecule has 0 radical (unpaired) electrons. The zero-order valence-corrected chi connectivity index (χ0v) is 19.9. The smallest absolute Gasteiger partial charge is 0.0450 e. The Bertz CT molecular complexity index is 1020. The Kier molecular flexibility index (Phi) is 6.00. The summed E-state index contributed by atoms with van der Waals surface area (Å²) in [6, 6.07) is 31.6. The first-order valence-electron chi connectivity index (χ1n) is 12.6. The predicted molar refractivity (Wildman–Crippen MR) is 136 cm³/mol. The van der Waals surface area contributed by atoms with Crippen LogP contribution in [-0.2, 0) is 6.54 Å². The van der Waals surface area contributed by atoms with E-state index in [4.69, 9.17) is 11.6 Å². The van der Waals surface area contributed by atoms with E-state index in [0.29, 0.717) is 18.0 Å². The van der Waals surface area contributed by atoms with Gasteiger partial charge in [0.1, 0.15) is 0 Å². The van der Waals surface area contributed by atoms with Crippen LogP contribution < -0.4 is 5.32 Å². The summed E-state index contributed by atoms with van der Waals surface area (Å²) in [5.41, 5.74) is 4.06. The summed E-state index contributed by atoms with van der Waals surface area (Å²) in [4.78, 5) is 2.85. The molecule has 1 aliphatic carbocycles. The zero-order chi connectivity index (χ0) is 22.2. The number of rotatable bonds is 6. The van der Waals surface area contributed by atoms with Gasteiger partial charge < -0.3 is 5.32 Å². The van der Waals surface area contributed by atoms with Crippen molar-refractivity contribution in [3.05, 3.63) is 107 Å². The van der Waals surface area contributed by atoms with E-state index in [9.17, 15) is 0 Å². The fraction of sp³-hybridized carbons (Fsp3) is 0.400. The van der Waals surface area contributed by atoms with E-state index in [2.05, 4.69) is 83.0 Å². The number of halogens is 1. The third-order valence-corrected chi connectivity index (χ3v) is 8.89. The van der Waals surface area contributed by atoms with Gasteiger partial charge in [-0.3, -0.25) is 4.90 Å². The molecule has 3 aliphatic heterocycles. The molecule has 0 spiro atoms. The fourth-order valence-corrected chi connectivity index (χ4v) is 7.45. The molecule has 3 aromatic carbocycles. The van der Waals surface area contributed by atoms with Crippen molar-refractivity contribution >= 4 is 11.6 Å². The van der Waals surface area contributed by atoms with Crippen LogP contribution in [0.25, 0.3) is 0 Å². The van der Waals surface area contributed by atoms with Crippen molar-refractivity contribution in [3.8, 4) is 0 Å². The molecule has 170 valence electrons. The summed E-state index contributed by atoms with van der Waals surface area (Å²) in [6.07, 6.45) is 4.17. The molecule has 0 amide bonds. The Morgan fingerprint density at radius 2 is 1.36 bits per heavy atom. The number of piperidine rings is 3. The summed E-state index contributed by atoms with van der Waals surface area (Å²) in [7, 11) is 0. The molecule has 3 heterocycles. The Morgan fingerprint density at radius 3 is 1.97 bits per heavy atom. The minimum absolute atomic E-state index is 0.361. The summed E-state index contributed by atoms with van der Waals surface area (Å²) in [5.74, 6) is 2.76. The number of fused-ring (bicyclic) bond motifs is 1. The van der Waals surface area contributed by atoms with Gasteiger partial charge in [-0.05, 0) is 53.4 Å². The van der Waals surface area contributed by atoms with Gasteiger partial charge in [0, 0.05) is 42.7 Å². The first kappa shape index (κ1) is 21.4. The highest BCUT2D eigenvalue weighted by atomic mass is 35.5. The maximum atomic E-state index is 6.56. The Morgan fingerprint density at radius 1 is 0.788 bits per heavy atom. The van der Waals surface area contributed by atoms with E-state index in [-0.39, 0.29) is 0 Å². The maximum absolute atomic E-state index is 6.56. The molecule has 0 aromatic heterocycles. The van der Waals surface area contributed by atoms with Crippen molar-refractivity contribution in [2.75, 3.05) is 13.1 Å². The molecule has 7 rings (SSSR count). The molecule has 6 atom stereocenters. The number of hydrogen-bond acceptors (Lipinski definition) is 2. The van der Waals surface area contributed by atoms with Crippen LogP contribution in [-0.4, -0.2) is 30.1 Å². The second-order valence-electron chi connectivity index (χ2n) is 10.3. The normalized spacial score (nSPS) is 30.5. The van der Waals surface area contributed by atoms with Gasteiger partial charge in [-0.15, -0.1) is 0 Å². The second-order valence-corrected chi connectivity index (χ2v) is 10.7. The van der Waals surface area contributed by atoms with E-state index in [0.717, 1.165) is 29.3 Å². The molecule has 4 aliphatic rings. The van der Waals surface area contributed by atoms with E-state index < -0.39 is 0 Å². The molecule has 33 heavy (non-hydrogen) atoms. The van der Waals surface area contributed by atoms with Gasteiger partial charge in [-0.1, -0.05) is 96.9 Å². The van der Waals surface area contributed by atoms with Crippen molar-refractivity contribution in [2.24, 2.45) is 17.8 Å². The quantitative estimate of drug-likeness (QED) is 0.464. The molecule has 3 saturated heterocycles. The van der Waals surface area contributed by atoms with Gasteiger partial charge >= 0.3 is 0 Å². The number of benzene rings is 3. The first-order chi connectivity index (χ1) is 16.3. The van der Waals surface area contributed by atoms with Gasteiger partial charge in [-0.2, -0.15) is 0 Å². The van der Waals surface area contributed by atoms with Crippen LogP contribution in [0.4, 0.5) is 0 Å². The standard InChI is InChI=1S/C30H33ClN2/c31-26-17-8-7-14-23(26)18-32-29-27-24-15-9-16-25(27)20-33(19-24)30(29)28(21-10-3-1-4-11-21)22-12-5-2-6-13-22/h1-8,10-14,17,24-25,27-30,32H,9,15-16,18-20H2/t24-,25+,27?,29-,30-/m0/s1. The fourth-order valence-electron chi connectivity index (χ4n) is 7.25. The van der Waals surface area contributed by atoms with Crippen molar-refractivity contribution < 1.29 is 0 Å². The first-order valence-corrected chi connectivity index (χ1v) is 13.0. The Balaban J connectivity index is 1.40. The largest absolute Gasteiger partial charge is 0.308 e. The summed E-state index contributed by atoms with van der Waals surface area (Å²) in [5, 5.41) is 4.95. The highest BCUT2D eigenvalue weighted by Crippen LogP contribution is 2.51. The van der Waals surface area contributed by atoms with Crippen molar-refractivity contribution in [2.45, 2.75) is 43.8 Å². The lowest BCUT2D eigenvalue weighted by atomic mass is 9.58. The lowest BCUT2D eigenvalue weighted by molar-refractivity contribution is -0.0976. The van der Waals surface area contributed by atoms with Crippen LogP contribution in [0, 0.1) is 17.8 Å². The number of nitrogens with zero attached hydrogens (tertiary/aromatic N) is 1. The number of hydrogen-bond donors (Lipinski definition) is 1. The highest BCUT2D eigenvalue weighted by Gasteiger charge is 2.55. The molecule has 3 heteroatoms. The Labute approximate surface area is 203 Å². The van der Waals surface area contributed by atoms with E-state index >= 15 is 0 Å². The van der Waals surface area contributed by atoms with Crippen LogP contribution in [0.1, 0.15) is 41.9 Å². The highest BCUT2D eigenvalue weighted by molar-refractivity contribution is 6.31. The molecular weight excluding hydrogens is 424 g/mol. The van der Waals surface area contributed by atoms with Crippen LogP contribution in [0.2, 0.25) is 5.02 Å². The van der Waals surface area contributed by atoms with Gasteiger partial charge in [-0.25, -0.2) is 0 Å². The molecule has 1 saturated carbocycles. The lowest BCUT2D eigenvalue weighted by Gasteiger charge is -2.62. The average Bonchev–Trinajstić information content (AvgIpc) is 2.85.